The molecule has 0 saturated carbocycles. The van der Waals surface area contributed by atoms with Crippen LogP contribution < -0.4 is 10.2 Å². The second kappa shape index (κ2) is 5.22. The Labute approximate surface area is 127 Å². The molecule has 0 bridgehead atoms. The van der Waals surface area contributed by atoms with Crippen molar-refractivity contribution in [1.82, 2.24) is 0 Å². The number of hydrogen-bond donors (Lipinski definition) is 0. The first kappa shape index (κ1) is 15.1. The number of rotatable bonds is 3. The van der Waals surface area contributed by atoms with Crippen LogP contribution in [-0.4, -0.2) is 22.7 Å². The van der Waals surface area contributed by atoms with Crippen LogP contribution in [0.5, 0.6) is 5.75 Å². The van der Waals surface area contributed by atoms with E-state index in [0.717, 1.165) is 5.46 Å². The quantitative estimate of drug-likeness (QED) is 0.460. The van der Waals surface area contributed by atoms with Crippen LogP contribution in [0.2, 0.25) is 0 Å². The minimum atomic E-state index is -1.37. The number of halogens is 2. The zero-order chi connectivity index (χ0) is 14.3. The summed E-state index contributed by atoms with van der Waals surface area (Å²) >= 11 is 1.57. The molecule has 1 fully saturated rings. The summed E-state index contributed by atoms with van der Waals surface area (Å²) in [6.45, 7) is 7.98. The van der Waals surface area contributed by atoms with Gasteiger partial charge in [-0.1, -0.05) is 12.1 Å². The molecule has 1 aliphatic heterocycles. The first-order valence-corrected chi connectivity index (χ1v) is 7.36. The average Bonchev–Trinajstić information content (AvgIpc) is 2.47. The van der Waals surface area contributed by atoms with Crippen LogP contribution in [0, 0.1) is 0 Å². The van der Waals surface area contributed by atoms with Gasteiger partial charge in [0.25, 0.3) is 4.36 Å². The fourth-order valence-electron chi connectivity index (χ4n) is 1.82. The summed E-state index contributed by atoms with van der Waals surface area (Å²) in [6.07, 6.45) is 0. The molecule has 2 rings (SSSR count). The van der Waals surface area contributed by atoms with Crippen LogP contribution in [0.25, 0.3) is 0 Å². The van der Waals surface area contributed by atoms with Gasteiger partial charge in [0, 0.05) is 22.6 Å². The Bertz CT molecular complexity index is 449. The molecule has 3 nitrogen and oxygen atoms in total. The monoisotopic (exact) mass is 378 g/mol. The molecule has 0 amide bonds. The third-order valence-corrected chi connectivity index (χ3v) is 3.86. The Kier molecular flexibility index (Phi) is 4.14. The van der Waals surface area contributed by atoms with Gasteiger partial charge in [0.2, 0.25) is 0 Å². The highest BCUT2D eigenvalue weighted by molar-refractivity contribution is 14.1. The molecule has 1 aromatic rings. The number of benzene rings is 1. The van der Waals surface area contributed by atoms with Crippen molar-refractivity contribution in [2.24, 2.45) is 0 Å². The maximum Gasteiger partial charge on any atom is 0.494 e. The Morgan fingerprint density at radius 1 is 1.21 bits per heavy atom. The predicted molar refractivity (Wildman–Crippen MR) is 81.7 cm³/mol. The SMILES string of the molecule is CC1(C)OB(c2cccc(OC(F)I)c2)OC1(C)C. The van der Waals surface area contributed by atoms with Gasteiger partial charge in [-0.05, 0) is 45.3 Å². The maximum atomic E-state index is 12.8. The number of alkyl halides is 2. The van der Waals surface area contributed by atoms with Gasteiger partial charge < -0.3 is 14.0 Å². The predicted octanol–water partition coefficient (Wildman–Crippen LogP) is 3.05. The molecule has 6 heteroatoms. The Hall–Kier alpha value is -0.335. The third kappa shape index (κ3) is 3.22. The highest BCUT2D eigenvalue weighted by Gasteiger charge is 2.51. The molecular formula is C13H17BFIO3. The Balaban J connectivity index is 2.20. The van der Waals surface area contributed by atoms with E-state index in [2.05, 4.69) is 0 Å². The van der Waals surface area contributed by atoms with E-state index in [9.17, 15) is 4.39 Å². The summed E-state index contributed by atoms with van der Waals surface area (Å²) in [5.41, 5.74) is 0.0501. The molecule has 1 atom stereocenters. The molecule has 1 heterocycles. The lowest BCUT2D eigenvalue weighted by atomic mass is 9.79. The molecule has 1 unspecified atom stereocenters. The fourth-order valence-corrected chi connectivity index (χ4v) is 2.11. The van der Waals surface area contributed by atoms with Gasteiger partial charge in [0.1, 0.15) is 5.75 Å². The van der Waals surface area contributed by atoms with E-state index in [1.54, 1.807) is 40.8 Å². The fraction of sp³-hybridized carbons (Fsp3) is 0.538. The summed E-state index contributed by atoms with van der Waals surface area (Å²) in [5.74, 6) is 0.467. The van der Waals surface area contributed by atoms with Crippen LogP contribution in [0.1, 0.15) is 27.7 Å². The van der Waals surface area contributed by atoms with Crippen LogP contribution >= 0.6 is 22.6 Å². The van der Waals surface area contributed by atoms with Crippen molar-refractivity contribution < 1.29 is 18.4 Å². The lowest BCUT2D eigenvalue weighted by molar-refractivity contribution is 0.00578. The summed E-state index contributed by atoms with van der Waals surface area (Å²) < 4.78 is 28.4. The normalized spacial score (nSPS) is 22.3. The van der Waals surface area contributed by atoms with Gasteiger partial charge in [-0.15, -0.1) is 0 Å². The molecule has 1 aliphatic rings. The molecule has 19 heavy (non-hydrogen) atoms. The van der Waals surface area contributed by atoms with E-state index in [0.29, 0.717) is 5.75 Å². The van der Waals surface area contributed by atoms with Crippen LogP contribution in [0.15, 0.2) is 24.3 Å². The maximum absolute atomic E-state index is 12.8. The first-order valence-electron chi connectivity index (χ1n) is 6.12. The lowest BCUT2D eigenvalue weighted by Gasteiger charge is -2.32. The topological polar surface area (TPSA) is 27.7 Å². The zero-order valence-electron chi connectivity index (χ0n) is 11.4. The van der Waals surface area contributed by atoms with Gasteiger partial charge in [-0.2, -0.15) is 4.39 Å². The Morgan fingerprint density at radius 2 is 1.79 bits per heavy atom. The second-order valence-electron chi connectivity index (χ2n) is 5.54. The summed E-state index contributed by atoms with van der Waals surface area (Å²) in [6, 6.07) is 7.14. The van der Waals surface area contributed by atoms with Crippen molar-refractivity contribution in [3.8, 4) is 5.75 Å². The minimum absolute atomic E-state index is 0.388. The molecular weight excluding hydrogens is 361 g/mol. The van der Waals surface area contributed by atoms with E-state index in [1.165, 1.54) is 0 Å². The highest BCUT2D eigenvalue weighted by Crippen LogP contribution is 2.36. The van der Waals surface area contributed by atoms with Crippen molar-refractivity contribution in [2.45, 2.75) is 43.3 Å². The van der Waals surface area contributed by atoms with E-state index in [-0.39, 0.29) is 11.2 Å². The van der Waals surface area contributed by atoms with Crippen molar-refractivity contribution in [1.29, 1.82) is 0 Å². The first-order chi connectivity index (χ1) is 8.71. The van der Waals surface area contributed by atoms with Crippen molar-refractivity contribution >= 4 is 35.2 Å². The molecule has 1 saturated heterocycles. The Morgan fingerprint density at radius 3 is 2.32 bits per heavy atom. The molecule has 0 aliphatic carbocycles. The van der Waals surface area contributed by atoms with Crippen molar-refractivity contribution in [2.75, 3.05) is 0 Å². The van der Waals surface area contributed by atoms with Crippen molar-refractivity contribution in [3.05, 3.63) is 24.3 Å². The molecule has 0 spiro atoms. The van der Waals surface area contributed by atoms with Gasteiger partial charge >= 0.3 is 7.12 Å². The molecule has 0 radical (unpaired) electrons. The van der Waals surface area contributed by atoms with Crippen LogP contribution in [0.3, 0.4) is 0 Å². The van der Waals surface area contributed by atoms with Crippen LogP contribution in [-0.2, 0) is 9.31 Å². The third-order valence-electron chi connectivity index (χ3n) is 3.61. The summed E-state index contributed by atoms with van der Waals surface area (Å²) in [7, 11) is -0.458. The van der Waals surface area contributed by atoms with E-state index < -0.39 is 11.5 Å². The van der Waals surface area contributed by atoms with E-state index >= 15 is 0 Å². The summed E-state index contributed by atoms with van der Waals surface area (Å²) in [4.78, 5) is 0. The van der Waals surface area contributed by atoms with Gasteiger partial charge in [0.15, 0.2) is 0 Å². The highest BCUT2D eigenvalue weighted by atomic mass is 127. The standard InChI is InChI=1S/C13H17BFIO3/c1-12(2)13(3,4)19-14(18-12)9-6-5-7-10(8-9)17-11(15)16/h5-8,11H,1-4H3. The van der Waals surface area contributed by atoms with E-state index in [4.69, 9.17) is 14.0 Å². The molecule has 0 N–H and O–H groups in total. The summed E-state index contributed by atoms with van der Waals surface area (Å²) in [5, 5.41) is 0. The minimum Gasteiger partial charge on any atom is -0.452 e. The zero-order valence-corrected chi connectivity index (χ0v) is 13.6. The second-order valence-corrected chi connectivity index (χ2v) is 6.52. The number of ether oxygens (including phenoxy) is 1. The smallest absolute Gasteiger partial charge is 0.452 e. The largest absolute Gasteiger partial charge is 0.494 e. The number of hydrogen-bond acceptors (Lipinski definition) is 3. The lowest BCUT2D eigenvalue weighted by Crippen LogP contribution is -2.41. The van der Waals surface area contributed by atoms with Crippen molar-refractivity contribution in [3.63, 3.8) is 0 Å². The van der Waals surface area contributed by atoms with Crippen LogP contribution in [0.4, 0.5) is 4.39 Å². The van der Waals surface area contributed by atoms with Gasteiger partial charge in [-0.25, -0.2) is 0 Å². The van der Waals surface area contributed by atoms with Gasteiger partial charge in [-0.3, -0.25) is 0 Å². The molecule has 1 aromatic carbocycles. The van der Waals surface area contributed by atoms with E-state index in [1.807, 2.05) is 33.8 Å². The molecule has 0 aromatic heterocycles. The molecule has 104 valence electrons. The average molecular weight is 378 g/mol. The van der Waals surface area contributed by atoms with Gasteiger partial charge in [0.05, 0.1) is 11.2 Å².